The maximum absolute atomic E-state index is 13.1. The summed E-state index contributed by atoms with van der Waals surface area (Å²) < 4.78 is 27.7. The average Bonchev–Trinajstić information content (AvgIpc) is 3.19. The van der Waals surface area contributed by atoms with Crippen LogP contribution in [0.15, 0.2) is 64.6 Å². The second kappa shape index (κ2) is 5.74. The summed E-state index contributed by atoms with van der Waals surface area (Å²) in [6.07, 6.45) is 1.73. The van der Waals surface area contributed by atoms with Crippen LogP contribution >= 0.6 is 0 Å². The molecule has 0 spiro atoms. The maximum Gasteiger partial charge on any atom is 0.268 e. The van der Waals surface area contributed by atoms with Crippen LogP contribution in [0.5, 0.6) is 0 Å². The van der Waals surface area contributed by atoms with E-state index < -0.39 is 10.0 Å². The highest BCUT2D eigenvalue weighted by Crippen LogP contribution is 2.31. The summed E-state index contributed by atoms with van der Waals surface area (Å²) in [6.45, 7) is 4.55. The van der Waals surface area contributed by atoms with E-state index in [0.717, 1.165) is 22.3 Å². The molecule has 1 aliphatic heterocycles. The number of benzene rings is 2. The van der Waals surface area contributed by atoms with Gasteiger partial charge in [-0.15, -0.1) is 0 Å². The molecule has 1 N–H and O–H groups in total. The first kappa shape index (κ1) is 15.9. The SMILES string of the molecule is CC1=NCC(c2cn(S(=O)(=O)c3ccccc3)c3ccc(C)cc23)N1. The Morgan fingerprint density at radius 1 is 1.12 bits per heavy atom. The Balaban J connectivity index is 1.94. The van der Waals surface area contributed by atoms with Gasteiger partial charge < -0.3 is 5.32 Å². The molecule has 1 aliphatic rings. The molecule has 1 aromatic heterocycles. The molecule has 0 amide bonds. The van der Waals surface area contributed by atoms with Gasteiger partial charge in [0.15, 0.2) is 0 Å². The van der Waals surface area contributed by atoms with E-state index in [1.165, 1.54) is 3.97 Å². The monoisotopic (exact) mass is 353 g/mol. The van der Waals surface area contributed by atoms with Crippen LogP contribution in [0.25, 0.3) is 10.9 Å². The minimum atomic E-state index is -3.65. The maximum atomic E-state index is 13.1. The Bertz CT molecular complexity index is 1080. The Hall–Kier alpha value is -2.60. The Labute approximate surface area is 147 Å². The summed E-state index contributed by atoms with van der Waals surface area (Å²) in [4.78, 5) is 4.68. The van der Waals surface area contributed by atoms with Gasteiger partial charge in [-0.3, -0.25) is 4.99 Å². The Kier molecular flexibility index (Phi) is 3.65. The van der Waals surface area contributed by atoms with E-state index in [-0.39, 0.29) is 10.9 Å². The molecule has 2 heterocycles. The molecule has 5 nitrogen and oxygen atoms in total. The number of fused-ring (bicyclic) bond motifs is 1. The smallest absolute Gasteiger partial charge is 0.268 e. The Morgan fingerprint density at radius 2 is 1.88 bits per heavy atom. The third-order valence-corrected chi connectivity index (χ3v) is 6.21. The topological polar surface area (TPSA) is 63.5 Å². The average molecular weight is 353 g/mol. The van der Waals surface area contributed by atoms with Crippen molar-refractivity contribution in [3.8, 4) is 0 Å². The fourth-order valence-electron chi connectivity index (χ4n) is 3.27. The van der Waals surface area contributed by atoms with E-state index >= 15 is 0 Å². The molecule has 0 bridgehead atoms. The lowest BCUT2D eigenvalue weighted by atomic mass is 10.0. The zero-order valence-electron chi connectivity index (χ0n) is 14.1. The van der Waals surface area contributed by atoms with Crippen molar-refractivity contribution in [3.05, 3.63) is 65.9 Å². The van der Waals surface area contributed by atoms with Crippen LogP contribution in [0.1, 0.15) is 24.1 Å². The van der Waals surface area contributed by atoms with Gasteiger partial charge in [0.25, 0.3) is 10.0 Å². The van der Waals surface area contributed by atoms with Gasteiger partial charge in [-0.1, -0.05) is 29.8 Å². The predicted molar refractivity (Wildman–Crippen MR) is 99.6 cm³/mol. The van der Waals surface area contributed by atoms with Crippen molar-refractivity contribution >= 4 is 26.8 Å². The summed E-state index contributed by atoms with van der Waals surface area (Å²) in [5, 5.41) is 4.27. The van der Waals surface area contributed by atoms with Crippen molar-refractivity contribution in [1.29, 1.82) is 0 Å². The number of hydrogen-bond acceptors (Lipinski definition) is 4. The molecule has 0 saturated heterocycles. The predicted octanol–water partition coefficient (Wildman–Crippen LogP) is 3.25. The number of aliphatic imine (C=N–C) groups is 1. The van der Waals surface area contributed by atoms with Crippen molar-refractivity contribution in [3.63, 3.8) is 0 Å². The second-order valence-corrected chi connectivity index (χ2v) is 8.16. The van der Waals surface area contributed by atoms with Crippen molar-refractivity contribution < 1.29 is 8.42 Å². The molecule has 3 aromatic rings. The Morgan fingerprint density at radius 3 is 2.56 bits per heavy atom. The standard InChI is InChI=1S/C19H19N3O2S/c1-13-8-9-19-16(10-13)17(18-11-20-14(2)21-18)12-22(19)25(23,24)15-6-4-3-5-7-15/h3-10,12,18H,11H2,1-2H3,(H,20,21). The van der Waals surface area contributed by atoms with Gasteiger partial charge in [-0.2, -0.15) is 0 Å². The van der Waals surface area contributed by atoms with Gasteiger partial charge in [0, 0.05) is 17.1 Å². The lowest BCUT2D eigenvalue weighted by molar-refractivity contribution is 0.588. The first-order chi connectivity index (χ1) is 12.0. The van der Waals surface area contributed by atoms with E-state index in [1.807, 2.05) is 38.1 Å². The summed E-state index contributed by atoms with van der Waals surface area (Å²) in [6, 6.07) is 14.4. The van der Waals surface area contributed by atoms with Gasteiger partial charge >= 0.3 is 0 Å². The summed E-state index contributed by atoms with van der Waals surface area (Å²) in [5.41, 5.74) is 2.74. The molecule has 6 heteroatoms. The van der Waals surface area contributed by atoms with Crippen LogP contribution in [-0.2, 0) is 10.0 Å². The lowest BCUT2D eigenvalue weighted by Gasteiger charge is -2.09. The highest BCUT2D eigenvalue weighted by molar-refractivity contribution is 7.90. The van der Waals surface area contributed by atoms with E-state index in [0.29, 0.717) is 12.1 Å². The van der Waals surface area contributed by atoms with E-state index in [9.17, 15) is 8.42 Å². The first-order valence-corrected chi connectivity index (χ1v) is 9.60. The molecule has 0 fully saturated rings. The van der Waals surface area contributed by atoms with E-state index in [2.05, 4.69) is 10.3 Å². The molecular weight excluding hydrogens is 334 g/mol. The van der Waals surface area contributed by atoms with Crippen LogP contribution in [0.3, 0.4) is 0 Å². The first-order valence-electron chi connectivity index (χ1n) is 8.16. The molecule has 128 valence electrons. The largest absolute Gasteiger partial charge is 0.365 e. The number of nitrogens with one attached hydrogen (secondary N) is 1. The van der Waals surface area contributed by atoms with Gasteiger partial charge in [-0.25, -0.2) is 12.4 Å². The molecule has 2 aromatic carbocycles. The molecular formula is C19H19N3O2S. The van der Waals surface area contributed by atoms with Crippen molar-refractivity contribution in [2.24, 2.45) is 4.99 Å². The van der Waals surface area contributed by atoms with Crippen molar-refractivity contribution in [2.45, 2.75) is 24.8 Å². The zero-order chi connectivity index (χ0) is 17.6. The quantitative estimate of drug-likeness (QED) is 0.786. The minimum Gasteiger partial charge on any atom is -0.365 e. The molecule has 0 aliphatic carbocycles. The number of nitrogens with zero attached hydrogens (tertiary/aromatic N) is 2. The van der Waals surface area contributed by atoms with E-state index in [4.69, 9.17) is 0 Å². The number of aromatic nitrogens is 1. The third-order valence-electron chi connectivity index (χ3n) is 4.53. The van der Waals surface area contributed by atoms with Crippen LogP contribution in [0.2, 0.25) is 0 Å². The van der Waals surface area contributed by atoms with Gasteiger partial charge in [-0.05, 0) is 38.1 Å². The molecule has 0 radical (unpaired) electrons. The van der Waals surface area contributed by atoms with Gasteiger partial charge in [0.2, 0.25) is 0 Å². The van der Waals surface area contributed by atoms with Crippen LogP contribution < -0.4 is 5.32 Å². The van der Waals surface area contributed by atoms with Crippen LogP contribution in [-0.4, -0.2) is 24.8 Å². The van der Waals surface area contributed by atoms with E-state index in [1.54, 1.807) is 30.5 Å². The van der Waals surface area contributed by atoms with Crippen molar-refractivity contribution in [1.82, 2.24) is 9.29 Å². The number of hydrogen-bond donors (Lipinski definition) is 1. The second-order valence-electron chi connectivity index (χ2n) is 6.34. The number of aryl methyl sites for hydroxylation is 1. The number of rotatable bonds is 3. The fraction of sp³-hybridized carbons (Fsp3) is 0.211. The third kappa shape index (κ3) is 2.62. The highest BCUT2D eigenvalue weighted by Gasteiger charge is 2.26. The molecule has 25 heavy (non-hydrogen) atoms. The summed E-state index contributed by atoms with van der Waals surface area (Å²) >= 11 is 0. The van der Waals surface area contributed by atoms with Crippen LogP contribution in [0, 0.1) is 6.92 Å². The summed E-state index contributed by atoms with van der Waals surface area (Å²) in [5.74, 6) is 0.879. The highest BCUT2D eigenvalue weighted by atomic mass is 32.2. The number of amidine groups is 1. The van der Waals surface area contributed by atoms with Crippen molar-refractivity contribution in [2.75, 3.05) is 6.54 Å². The molecule has 0 saturated carbocycles. The lowest BCUT2D eigenvalue weighted by Crippen LogP contribution is -2.20. The van der Waals surface area contributed by atoms with Crippen LogP contribution in [0.4, 0.5) is 0 Å². The van der Waals surface area contributed by atoms with Gasteiger partial charge in [0.1, 0.15) is 0 Å². The molecule has 4 rings (SSSR count). The normalized spacial score (nSPS) is 17.5. The molecule has 1 unspecified atom stereocenters. The minimum absolute atomic E-state index is 0.00322. The van der Waals surface area contributed by atoms with Gasteiger partial charge in [0.05, 0.1) is 28.8 Å². The fourth-order valence-corrected chi connectivity index (χ4v) is 4.67. The summed E-state index contributed by atoms with van der Waals surface area (Å²) in [7, 11) is -3.65. The zero-order valence-corrected chi connectivity index (χ0v) is 14.9. The molecule has 1 atom stereocenters.